The van der Waals surface area contributed by atoms with Gasteiger partial charge in [0.05, 0.1) is 0 Å². The highest BCUT2D eigenvalue weighted by molar-refractivity contribution is 6.30. The van der Waals surface area contributed by atoms with E-state index in [4.69, 9.17) is 11.6 Å². The molecule has 0 aromatic heterocycles. The van der Waals surface area contributed by atoms with E-state index in [9.17, 15) is 9.59 Å². The topological polar surface area (TPSA) is 61.4 Å². The maximum absolute atomic E-state index is 11.8. The number of benzene rings is 1. The van der Waals surface area contributed by atoms with Gasteiger partial charge in [-0.15, -0.1) is 0 Å². The zero-order valence-corrected chi connectivity index (χ0v) is 13.6. The molecule has 0 spiro atoms. The summed E-state index contributed by atoms with van der Waals surface area (Å²) in [4.78, 5) is 24.9. The van der Waals surface area contributed by atoms with Gasteiger partial charge in [-0.1, -0.05) is 11.6 Å². The molecule has 0 radical (unpaired) electrons. The average Bonchev–Trinajstić information content (AvgIpc) is 2.34. The van der Waals surface area contributed by atoms with Crippen molar-refractivity contribution in [2.75, 3.05) is 18.0 Å². The van der Waals surface area contributed by atoms with Crippen LogP contribution < -0.4 is 15.5 Å². The molecule has 0 unspecified atom stereocenters. The van der Waals surface area contributed by atoms with Gasteiger partial charge in [0.2, 0.25) is 5.91 Å². The van der Waals surface area contributed by atoms with Crippen molar-refractivity contribution in [2.45, 2.75) is 33.7 Å². The minimum Gasteiger partial charge on any atom is -0.336 e. The standard InChI is InChI=1S/C15H22ClN3O2/c1-10(2)18-15(21)17-7-8-19(12(4)20)14-6-5-13(16)9-11(14)3/h5-6,9-10H,7-8H2,1-4H3,(H2,17,18,21). The summed E-state index contributed by atoms with van der Waals surface area (Å²) in [5.41, 5.74) is 1.72. The molecule has 0 aliphatic rings. The number of hydrogen-bond donors (Lipinski definition) is 2. The molecular formula is C15H22ClN3O2. The molecule has 0 fully saturated rings. The molecule has 2 N–H and O–H groups in total. The maximum Gasteiger partial charge on any atom is 0.315 e. The monoisotopic (exact) mass is 311 g/mol. The quantitative estimate of drug-likeness (QED) is 0.878. The van der Waals surface area contributed by atoms with Gasteiger partial charge in [-0.05, 0) is 44.5 Å². The van der Waals surface area contributed by atoms with Crippen LogP contribution in [0.2, 0.25) is 5.02 Å². The lowest BCUT2D eigenvalue weighted by molar-refractivity contribution is -0.116. The summed E-state index contributed by atoms with van der Waals surface area (Å²) in [6, 6.07) is 5.21. The van der Waals surface area contributed by atoms with E-state index in [1.165, 1.54) is 6.92 Å². The van der Waals surface area contributed by atoms with E-state index in [2.05, 4.69) is 10.6 Å². The first-order valence-electron chi connectivity index (χ1n) is 6.90. The summed E-state index contributed by atoms with van der Waals surface area (Å²) >= 11 is 5.93. The largest absolute Gasteiger partial charge is 0.336 e. The third-order valence-electron chi connectivity index (χ3n) is 2.87. The molecule has 5 nitrogen and oxygen atoms in total. The van der Waals surface area contributed by atoms with Gasteiger partial charge < -0.3 is 15.5 Å². The lowest BCUT2D eigenvalue weighted by Crippen LogP contribution is -2.43. The Morgan fingerprint density at radius 2 is 2.00 bits per heavy atom. The minimum atomic E-state index is -0.235. The molecule has 1 rings (SSSR count). The molecule has 6 heteroatoms. The van der Waals surface area contributed by atoms with Crippen LogP contribution in [0, 0.1) is 6.92 Å². The SMILES string of the molecule is CC(=O)N(CCNC(=O)NC(C)C)c1ccc(Cl)cc1C. The highest BCUT2D eigenvalue weighted by Crippen LogP contribution is 2.23. The molecule has 116 valence electrons. The molecule has 0 aliphatic heterocycles. The Bertz CT molecular complexity index is 518. The average molecular weight is 312 g/mol. The lowest BCUT2D eigenvalue weighted by Gasteiger charge is -2.23. The van der Waals surface area contributed by atoms with Crippen molar-refractivity contribution >= 4 is 29.2 Å². The van der Waals surface area contributed by atoms with Crippen LogP contribution in [0.1, 0.15) is 26.3 Å². The Labute approximate surface area is 130 Å². The number of nitrogens with one attached hydrogen (secondary N) is 2. The molecule has 0 heterocycles. The fourth-order valence-corrected chi connectivity index (χ4v) is 2.19. The van der Waals surface area contributed by atoms with Gasteiger partial charge >= 0.3 is 6.03 Å². The highest BCUT2D eigenvalue weighted by atomic mass is 35.5. The molecule has 0 saturated heterocycles. The maximum atomic E-state index is 11.8. The number of rotatable bonds is 5. The number of carbonyl (C=O) groups excluding carboxylic acids is 2. The second-order valence-corrected chi connectivity index (χ2v) is 5.59. The number of anilines is 1. The normalized spacial score (nSPS) is 10.4. The van der Waals surface area contributed by atoms with Gasteiger partial charge in [-0.2, -0.15) is 0 Å². The van der Waals surface area contributed by atoms with Gasteiger partial charge in [0, 0.05) is 36.8 Å². The molecule has 0 atom stereocenters. The zero-order chi connectivity index (χ0) is 16.0. The number of carbonyl (C=O) groups is 2. The third-order valence-corrected chi connectivity index (χ3v) is 3.11. The Kier molecular flexibility index (Phi) is 6.49. The predicted octanol–water partition coefficient (Wildman–Crippen LogP) is 2.71. The summed E-state index contributed by atoms with van der Waals surface area (Å²) < 4.78 is 0. The lowest BCUT2D eigenvalue weighted by atomic mass is 10.2. The number of amides is 3. The first-order valence-corrected chi connectivity index (χ1v) is 7.27. The van der Waals surface area contributed by atoms with Gasteiger partial charge in [-0.25, -0.2) is 4.79 Å². The van der Waals surface area contributed by atoms with Gasteiger partial charge in [-0.3, -0.25) is 4.79 Å². The van der Waals surface area contributed by atoms with E-state index in [1.807, 2.05) is 32.9 Å². The van der Waals surface area contributed by atoms with Crippen molar-refractivity contribution in [1.82, 2.24) is 10.6 Å². The van der Waals surface area contributed by atoms with Crippen LogP contribution in [0.5, 0.6) is 0 Å². The van der Waals surface area contributed by atoms with Crippen molar-refractivity contribution < 1.29 is 9.59 Å². The fourth-order valence-electron chi connectivity index (χ4n) is 1.96. The Hall–Kier alpha value is -1.75. The number of halogens is 1. The summed E-state index contributed by atoms with van der Waals surface area (Å²) in [6.45, 7) is 7.96. The molecule has 3 amide bonds. The molecule has 21 heavy (non-hydrogen) atoms. The first kappa shape index (κ1) is 17.3. The smallest absolute Gasteiger partial charge is 0.315 e. The molecule has 1 aromatic rings. The zero-order valence-electron chi connectivity index (χ0n) is 12.9. The van der Waals surface area contributed by atoms with Gasteiger partial charge in [0.1, 0.15) is 0 Å². The van der Waals surface area contributed by atoms with E-state index in [0.717, 1.165) is 11.3 Å². The van der Waals surface area contributed by atoms with Crippen molar-refractivity contribution in [2.24, 2.45) is 0 Å². The summed E-state index contributed by atoms with van der Waals surface area (Å²) in [5.74, 6) is -0.0773. The van der Waals surface area contributed by atoms with E-state index >= 15 is 0 Å². The van der Waals surface area contributed by atoms with Crippen LogP contribution in [0.4, 0.5) is 10.5 Å². The van der Waals surface area contributed by atoms with Gasteiger partial charge in [0.25, 0.3) is 0 Å². The molecule has 0 aliphatic carbocycles. The number of nitrogens with zero attached hydrogens (tertiary/aromatic N) is 1. The van der Waals surface area contributed by atoms with E-state index in [0.29, 0.717) is 18.1 Å². The predicted molar refractivity (Wildman–Crippen MR) is 85.9 cm³/mol. The second-order valence-electron chi connectivity index (χ2n) is 5.16. The summed E-state index contributed by atoms with van der Waals surface area (Å²) in [5, 5.41) is 6.10. The van der Waals surface area contributed by atoms with E-state index in [1.54, 1.807) is 11.0 Å². The molecule has 0 saturated carbocycles. The summed E-state index contributed by atoms with van der Waals surface area (Å²) in [7, 11) is 0. The van der Waals surface area contributed by atoms with Crippen molar-refractivity contribution in [3.05, 3.63) is 28.8 Å². The van der Waals surface area contributed by atoms with Crippen molar-refractivity contribution in [3.63, 3.8) is 0 Å². The number of hydrogen-bond acceptors (Lipinski definition) is 2. The molecular weight excluding hydrogens is 290 g/mol. The van der Waals surface area contributed by atoms with Crippen molar-refractivity contribution in [1.29, 1.82) is 0 Å². The molecule has 1 aromatic carbocycles. The van der Waals surface area contributed by atoms with Crippen LogP contribution in [0.15, 0.2) is 18.2 Å². The van der Waals surface area contributed by atoms with Crippen LogP contribution in [-0.4, -0.2) is 31.1 Å². The fraction of sp³-hybridized carbons (Fsp3) is 0.467. The van der Waals surface area contributed by atoms with Gasteiger partial charge in [0.15, 0.2) is 0 Å². The number of urea groups is 1. The third kappa shape index (κ3) is 5.63. The number of aryl methyl sites for hydroxylation is 1. The Balaban J connectivity index is 2.67. The second kappa shape index (κ2) is 7.88. The minimum absolute atomic E-state index is 0.0763. The van der Waals surface area contributed by atoms with E-state index < -0.39 is 0 Å². The highest BCUT2D eigenvalue weighted by Gasteiger charge is 2.14. The summed E-state index contributed by atoms with van der Waals surface area (Å²) in [6.07, 6.45) is 0. The molecule has 0 bridgehead atoms. The van der Waals surface area contributed by atoms with E-state index in [-0.39, 0.29) is 18.0 Å². The van der Waals surface area contributed by atoms with Crippen LogP contribution in [-0.2, 0) is 4.79 Å². The van der Waals surface area contributed by atoms with Crippen LogP contribution >= 0.6 is 11.6 Å². The Morgan fingerprint density at radius 1 is 1.33 bits per heavy atom. The first-order chi connectivity index (χ1) is 9.81. The Morgan fingerprint density at radius 3 is 2.52 bits per heavy atom. The van der Waals surface area contributed by atoms with Crippen molar-refractivity contribution in [3.8, 4) is 0 Å². The van der Waals surface area contributed by atoms with Crippen LogP contribution in [0.3, 0.4) is 0 Å². The van der Waals surface area contributed by atoms with Crippen LogP contribution in [0.25, 0.3) is 0 Å².